The molecule has 2 rings (SSSR count). The van der Waals surface area contributed by atoms with Crippen molar-refractivity contribution in [2.24, 2.45) is 5.92 Å². The molecule has 2 aromatic carbocycles. The smallest absolute Gasteiger partial charge is 0.252 e. The summed E-state index contributed by atoms with van der Waals surface area (Å²) in [6, 6.07) is 9.38. The van der Waals surface area contributed by atoms with E-state index in [1.165, 1.54) is 14.2 Å². The van der Waals surface area contributed by atoms with E-state index in [9.17, 15) is 9.59 Å². The summed E-state index contributed by atoms with van der Waals surface area (Å²) < 4.78 is 10.4. The van der Waals surface area contributed by atoms with Gasteiger partial charge in [-0.2, -0.15) is 0 Å². The van der Waals surface area contributed by atoms with E-state index in [2.05, 4.69) is 10.6 Å². The Hall–Kier alpha value is -2.73. The number of benzene rings is 2. The SMILES string of the molecule is COc1cc(OC)cc(C(=O)NC(C(=O)Nc2cc(Cl)ccc2C)C(C)C)c1. The molecule has 2 N–H and O–H groups in total. The maximum atomic E-state index is 12.8. The molecule has 0 spiro atoms. The van der Waals surface area contributed by atoms with Crippen molar-refractivity contribution >= 4 is 29.1 Å². The Kier molecular flexibility index (Phi) is 7.29. The van der Waals surface area contributed by atoms with Crippen LogP contribution in [0.15, 0.2) is 36.4 Å². The van der Waals surface area contributed by atoms with Gasteiger partial charge in [-0.05, 0) is 42.7 Å². The van der Waals surface area contributed by atoms with Crippen molar-refractivity contribution < 1.29 is 19.1 Å². The molecule has 0 aromatic heterocycles. The highest BCUT2D eigenvalue weighted by molar-refractivity contribution is 6.31. The van der Waals surface area contributed by atoms with Crippen LogP contribution in [0.2, 0.25) is 5.02 Å². The summed E-state index contributed by atoms with van der Waals surface area (Å²) in [5, 5.41) is 6.16. The topological polar surface area (TPSA) is 76.7 Å². The molecule has 2 aromatic rings. The zero-order valence-electron chi connectivity index (χ0n) is 16.6. The van der Waals surface area contributed by atoms with Gasteiger partial charge in [-0.25, -0.2) is 0 Å². The van der Waals surface area contributed by atoms with E-state index < -0.39 is 11.9 Å². The number of hydrogen-bond donors (Lipinski definition) is 2. The highest BCUT2D eigenvalue weighted by Gasteiger charge is 2.25. The summed E-state index contributed by atoms with van der Waals surface area (Å²) in [5.41, 5.74) is 1.83. The largest absolute Gasteiger partial charge is 0.497 e. The average molecular weight is 405 g/mol. The van der Waals surface area contributed by atoms with Gasteiger partial charge in [0.05, 0.1) is 14.2 Å². The summed E-state index contributed by atoms with van der Waals surface area (Å²) in [6.07, 6.45) is 0. The molecule has 6 nitrogen and oxygen atoms in total. The maximum absolute atomic E-state index is 12.8. The maximum Gasteiger partial charge on any atom is 0.252 e. The van der Waals surface area contributed by atoms with Crippen LogP contribution in [0.25, 0.3) is 0 Å². The normalized spacial score (nSPS) is 11.7. The number of amides is 2. The molecule has 0 fully saturated rings. The molecule has 1 atom stereocenters. The predicted octanol–water partition coefficient (Wildman–Crippen LogP) is 4.06. The van der Waals surface area contributed by atoms with Gasteiger partial charge in [-0.15, -0.1) is 0 Å². The lowest BCUT2D eigenvalue weighted by Gasteiger charge is -2.22. The van der Waals surface area contributed by atoms with Crippen LogP contribution in [0.1, 0.15) is 29.8 Å². The fourth-order valence-corrected chi connectivity index (χ4v) is 2.81. The minimum absolute atomic E-state index is 0.129. The van der Waals surface area contributed by atoms with Gasteiger partial charge in [0, 0.05) is 22.3 Å². The van der Waals surface area contributed by atoms with Crippen molar-refractivity contribution in [1.82, 2.24) is 5.32 Å². The van der Waals surface area contributed by atoms with Crippen LogP contribution in [-0.2, 0) is 4.79 Å². The Labute approximate surface area is 170 Å². The third-order valence-corrected chi connectivity index (χ3v) is 4.54. The second-order valence-corrected chi connectivity index (χ2v) is 7.18. The Morgan fingerprint density at radius 1 is 1.00 bits per heavy atom. The lowest BCUT2D eigenvalue weighted by molar-refractivity contribution is -0.118. The van der Waals surface area contributed by atoms with Crippen molar-refractivity contribution in [3.63, 3.8) is 0 Å². The van der Waals surface area contributed by atoms with E-state index in [0.717, 1.165) is 5.56 Å². The highest BCUT2D eigenvalue weighted by atomic mass is 35.5. The molecule has 0 aliphatic rings. The first kappa shape index (κ1) is 21.6. The van der Waals surface area contributed by atoms with Crippen LogP contribution in [0.3, 0.4) is 0 Å². The summed E-state index contributed by atoms with van der Waals surface area (Å²) in [5.74, 6) is 0.141. The molecule has 0 heterocycles. The fraction of sp³-hybridized carbons (Fsp3) is 0.333. The van der Waals surface area contributed by atoms with Gasteiger partial charge in [0.15, 0.2) is 0 Å². The van der Waals surface area contributed by atoms with E-state index in [1.54, 1.807) is 30.3 Å². The van der Waals surface area contributed by atoms with Crippen LogP contribution >= 0.6 is 11.6 Å². The molecule has 1 unspecified atom stereocenters. The van der Waals surface area contributed by atoms with Crippen molar-refractivity contribution in [3.8, 4) is 11.5 Å². The van der Waals surface area contributed by atoms with Crippen LogP contribution in [0.4, 0.5) is 5.69 Å². The first-order chi connectivity index (χ1) is 13.2. The molecule has 0 radical (unpaired) electrons. The number of halogens is 1. The van der Waals surface area contributed by atoms with Crippen LogP contribution in [0, 0.1) is 12.8 Å². The number of rotatable bonds is 7. The molecule has 150 valence electrons. The summed E-state index contributed by atoms with van der Waals surface area (Å²) in [7, 11) is 3.02. The number of hydrogen-bond acceptors (Lipinski definition) is 4. The average Bonchev–Trinajstić information content (AvgIpc) is 2.67. The number of aryl methyl sites for hydroxylation is 1. The number of methoxy groups -OCH3 is 2. The molecule has 28 heavy (non-hydrogen) atoms. The third kappa shape index (κ3) is 5.39. The quantitative estimate of drug-likeness (QED) is 0.729. The van der Waals surface area contributed by atoms with Gasteiger partial charge in [-0.3, -0.25) is 9.59 Å². The molecule has 0 saturated carbocycles. The van der Waals surface area contributed by atoms with Crippen LogP contribution < -0.4 is 20.1 Å². The van der Waals surface area contributed by atoms with Crippen LogP contribution in [-0.4, -0.2) is 32.1 Å². The Balaban J connectivity index is 2.21. The van der Waals surface area contributed by atoms with E-state index in [-0.39, 0.29) is 11.8 Å². The Morgan fingerprint density at radius 3 is 2.14 bits per heavy atom. The molecule has 0 aliphatic carbocycles. The monoisotopic (exact) mass is 404 g/mol. The van der Waals surface area contributed by atoms with E-state index in [4.69, 9.17) is 21.1 Å². The molecule has 7 heteroatoms. The Morgan fingerprint density at radius 2 is 1.61 bits per heavy atom. The number of ether oxygens (including phenoxy) is 2. The highest BCUT2D eigenvalue weighted by Crippen LogP contribution is 2.23. The van der Waals surface area contributed by atoms with Crippen LogP contribution in [0.5, 0.6) is 11.5 Å². The number of nitrogens with one attached hydrogen (secondary N) is 2. The number of anilines is 1. The molecule has 0 aliphatic heterocycles. The van der Waals surface area contributed by atoms with Gasteiger partial charge < -0.3 is 20.1 Å². The second-order valence-electron chi connectivity index (χ2n) is 6.74. The van der Waals surface area contributed by atoms with Gasteiger partial charge in [0.1, 0.15) is 17.5 Å². The van der Waals surface area contributed by atoms with Gasteiger partial charge in [0.25, 0.3) is 5.91 Å². The molecular weight excluding hydrogens is 380 g/mol. The minimum Gasteiger partial charge on any atom is -0.497 e. The fourth-order valence-electron chi connectivity index (χ4n) is 2.64. The summed E-state index contributed by atoms with van der Waals surface area (Å²) >= 11 is 6.02. The van der Waals surface area contributed by atoms with Gasteiger partial charge in [-0.1, -0.05) is 31.5 Å². The number of carbonyl (C=O) groups is 2. The molecule has 0 saturated heterocycles. The zero-order chi connectivity index (χ0) is 20.8. The zero-order valence-corrected chi connectivity index (χ0v) is 17.4. The second kappa shape index (κ2) is 9.46. The van der Waals surface area contributed by atoms with Gasteiger partial charge in [0.2, 0.25) is 5.91 Å². The first-order valence-electron chi connectivity index (χ1n) is 8.86. The standard InChI is InChI=1S/C21H25ClN2O4/c1-12(2)19(21(26)23-18-10-15(22)7-6-13(18)3)24-20(25)14-8-16(27-4)11-17(9-14)28-5/h6-12,19H,1-5H3,(H,23,26)(H,24,25). The number of carbonyl (C=O) groups excluding carboxylic acids is 2. The van der Waals surface area contributed by atoms with E-state index in [1.807, 2.05) is 26.8 Å². The lowest BCUT2D eigenvalue weighted by atomic mass is 10.0. The van der Waals surface area contributed by atoms with Crippen molar-refractivity contribution in [1.29, 1.82) is 0 Å². The van der Waals surface area contributed by atoms with Gasteiger partial charge >= 0.3 is 0 Å². The molecule has 2 amide bonds. The lowest BCUT2D eigenvalue weighted by Crippen LogP contribution is -2.47. The van der Waals surface area contributed by atoms with E-state index in [0.29, 0.717) is 27.8 Å². The summed E-state index contributed by atoms with van der Waals surface area (Å²) in [6.45, 7) is 5.60. The molecular formula is C21H25ClN2O4. The van der Waals surface area contributed by atoms with Crippen molar-refractivity contribution in [2.75, 3.05) is 19.5 Å². The minimum atomic E-state index is -0.733. The Bertz CT molecular complexity index is 845. The van der Waals surface area contributed by atoms with Crippen molar-refractivity contribution in [2.45, 2.75) is 26.8 Å². The van der Waals surface area contributed by atoms with E-state index >= 15 is 0 Å². The predicted molar refractivity (Wildman–Crippen MR) is 110 cm³/mol. The van der Waals surface area contributed by atoms with Crippen molar-refractivity contribution in [3.05, 3.63) is 52.5 Å². The summed E-state index contributed by atoms with van der Waals surface area (Å²) in [4.78, 5) is 25.6. The third-order valence-electron chi connectivity index (χ3n) is 4.31. The molecule has 0 bridgehead atoms. The first-order valence-corrected chi connectivity index (χ1v) is 9.24.